The lowest BCUT2D eigenvalue weighted by molar-refractivity contribution is -0.140. The molecule has 0 bridgehead atoms. The lowest BCUT2D eigenvalue weighted by Gasteiger charge is -2.08. The molecular weight excluding hydrogens is 296 g/mol. The molecule has 122 valence electrons. The van der Waals surface area contributed by atoms with E-state index in [2.05, 4.69) is 14.8 Å². The van der Waals surface area contributed by atoms with E-state index in [1.807, 2.05) is 0 Å². The van der Waals surface area contributed by atoms with E-state index in [1.165, 1.54) is 31.4 Å². The maximum atomic E-state index is 12.1. The van der Waals surface area contributed by atoms with E-state index in [0.29, 0.717) is 19.4 Å². The van der Waals surface area contributed by atoms with E-state index < -0.39 is 6.61 Å². The van der Waals surface area contributed by atoms with Gasteiger partial charge < -0.3 is 14.8 Å². The molecule has 22 heavy (non-hydrogen) atoms. The first kappa shape index (κ1) is 17.9. The first-order valence-electron chi connectivity index (χ1n) is 6.93. The van der Waals surface area contributed by atoms with Gasteiger partial charge in [0, 0.05) is 18.5 Å². The molecule has 0 saturated carbocycles. The van der Waals surface area contributed by atoms with Crippen LogP contribution in [0.1, 0.15) is 36.0 Å². The summed E-state index contributed by atoms with van der Waals surface area (Å²) in [5, 5.41) is 2.68. The molecule has 0 aliphatic rings. The van der Waals surface area contributed by atoms with Gasteiger partial charge in [-0.25, -0.2) is 0 Å². The minimum atomic E-state index is -2.92. The number of esters is 1. The molecule has 0 fully saturated rings. The summed E-state index contributed by atoms with van der Waals surface area (Å²) in [5.41, 5.74) is 0.257. The fraction of sp³-hybridized carbons (Fsp3) is 0.467. The van der Waals surface area contributed by atoms with Crippen LogP contribution in [0.4, 0.5) is 8.78 Å². The number of halogens is 2. The van der Waals surface area contributed by atoms with E-state index in [0.717, 1.165) is 12.8 Å². The molecule has 1 aromatic carbocycles. The Hall–Kier alpha value is -2.18. The largest absolute Gasteiger partial charge is 0.469 e. The Morgan fingerprint density at radius 1 is 1.23 bits per heavy atom. The SMILES string of the molecule is COC(=O)CCCCCNC(=O)c1cccc(OC(F)F)c1. The molecule has 1 rings (SSSR count). The highest BCUT2D eigenvalue weighted by molar-refractivity contribution is 5.94. The van der Waals surface area contributed by atoms with Gasteiger partial charge in [0.15, 0.2) is 0 Å². The molecule has 1 aromatic rings. The monoisotopic (exact) mass is 315 g/mol. The third kappa shape index (κ3) is 7.01. The molecule has 0 radical (unpaired) electrons. The average molecular weight is 315 g/mol. The normalized spacial score (nSPS) is 10.4. The molecule has 5 nitrogen and oxygen atoms in total. The highest BCUT2D eigenvalue weighted by Gasteiger charge is 2.09. The summed E-state index contributed by atoms with van der Waals surface area (Å²) >= 11 is 0. The van der Waals surface area contributed by atoms with E-state index in [4.69, 9.17) is 0 Å². The van der Waals surface area contributed by atoms with Crippen LogP contribution in [0.3, 0.4) is 0 Å². The molecule has 0 aromatic heterocycles. The predicted octanol–water partition coefficient (Wildman–Crippen LogP) is 2.75. The number of ether oxygens (including phenoxy) is 2. The summed E-state index contributed by atoms with van der Waals surface area (Å²) in [4.78, 5) is 22.7. The quantitative estimate of drug-likeness (QED) is 0.562. The zero-order valence-corrected chi connectivity index (χ0v) is 12.3. The smallest absolute Gasteiger partial charge is 0.387 e. The van der Waals surface area contributed by atoms with Crippen LogP contribution < -0.4 is 10.1 Å². The second kappa shape index (κ2) is 9.70. The topological polar surface area (TPSA) is 64.6 Å². The van der Waals surface area contributed by atoms with Gasteiger partial charge in [0.25, 0.3) is 5.91 Å². The van der Waals surface area contributed by atoms with Crippen LogP contribution in [-0.2, 0) is 9.53 Å². The fourth-order valence-electron chi connectivity index (χ4n) is 1.79. The molecule has 0 aliphatic carbocycles. The van der Waals surface area contributed by atoms with Crippen molar-refractivity contribution in [2.45, 2.75) is 32.3 Å². The Bertz CT molecular complexity index is 494. The predicted molar refractivity (Wildman–Crippen MR) is 75.9 cm³/mol. The number of methoxy groups -OCH3 is 1. The molecule has 1 N–H and O–H groups in total. The number of rotatable bonds is 9. The van der Waals surface area contributed by atoms with Gasteiger partial charge in [0.1, 0.15) is 5.75 Å². The summed E-state index contributed by atoms with van der Waals surface area (Å²) in [7, 11) is 1.34. The van der Waals surface area contributed by atoms with Crippen LogP contribution in [-0.4, -0.2) is 32.1 Å². The maximum absolute atomic E-state index is 12.1. The Balaban J connectivity index is 2.29. The van der Waals surface area contributed by atoms with Crippen LogP contribution in [0.2, 0.25) is 0 Å². The van der Waals surface area contributed by atoms with E-state index in [9.17, 15) is 18.4 Å². The van der Waals surface area contributed by atoms with Gasteiger partial charge >= 0.3 is 12.6 Å². The first-order chi connectivity index (χ1) is 10.5. The zero-order chi connectivity index (χ0) is 16.4. The number of hydrogen-bond donors (Lipinski definition) is 1. The van der Waals surface area contributed by atoms with Gasteiger partial charge in [-0.1, -0.05) is 12.5 Å². The molecule has 0 atom stereocenters. The second-order valence-electron chi connectivity index (χ2n) is 4.55. The summed E-state index contributed by atoms with van der Waals surface area (Å²) in [6.45, 7) is -2.48. The van der Waals surface area contributed by atoms with Crippen molar-refractivity contribution in [1.82, 2.24) is 5.32 Å². The van der Waals surface area contributed by atoms with Gasteiger partial charge in [-0.2, -0.15) is 8.78 Å². The summed E-state index contributed by atoms with van der Waals surface area (Å²) < 4.78 is 33.0. The number of hydrogen-bond acceptors (Lipinski definition) is 4. The van der Waals surface area contributed by atoms with Crippen LogP contribution in [0.5, 0.6) is 5.75 Å². The number of benzene rings is 1. The van der Waals surface area contributed by atoms with Crippen molar-refractivity contribution in [2.24, 2.45) is 0 Å². The molecule has 0 saturated heterocycles. The van der Waals surface area contributed by atoms with Gasteiger partial charge in [0.2, 0.25) is 0 Å². The van der Waals surface area contributed by atoms with Gasteiger partial charge in [-0.15, -0.1) is 0 Å². The highest BCUT2D eigenvalue weighted by atomic mass is 19.3. The number of carbonyl (C=O) groups excluding carboxylic acids is 2. The minimum Gasteiger partial charge on any atom is -0.469 e. The Morgan fingerprint density at radius 2 is 2.00 bits per heavy atom. The maximum Gasteiger partial charge on any atom is 0.387 e. The average Bonchev–Trinajstić information content (AvgIpc) is 2.49. The van der Waals surface area contributed by atoms with Crippen LogP contribution >= 0.6 is 0 Å². The summed E-state index contributed by atoms with van der Waals surface area (Å²) in [6.07, 6.45) is 2.55. The van der Waals surface area contributed by atoms with Crippen LogP contribution in [0.25, 0.3) is 0 Å². The Kier molecular flexibility index (Phi) is 7.88. The van der Waals surface area contributed by atoms with E-state index in [1.54, 1.807) is 0 Å². The zero-order valence-electron chi connectivity index (χ0n) is 12.3. The van der Waals surface area contributed by atoms with Crippen molar-refractivity contribution in [3.63, 3.8) is 0 Å². The summed E-state index contributed by atoms with van der Waals surface area (Å²) in [5.74, 6) is -0.659. The Morgan fingerprint density at radius 3 is 2.68 bits per heavy atom. The minimum absolute atomic E-state index is 0.0549. The summed E-state index contributed by atoms with van der Waals surface area (Å²) in [6, 6.07) is 5.61. The lowest BCUT2D eigenvalue weighted by atomic mass is 10.1. The van der Waals surface area contributed by atoms with E-state index >= 15 is 0 Å². The van der Waals surface area contributed by atoms with E-state index in [-0.39, 0.29) is 23.2 Å². The molecule has 0 spiro atoms. The van der Waals surface area contributed by atoms with Gasteiger partial charge in [-0.3, -0.25) is 9.59 Å². The molecule has 0 unspecified atom stereocenters. The Labute approximate surface area is 127 Å². The number of unbranched alkanes of at least 4 members (excludes halogenated alkanes) is 2. The number of alkyl halides is 2. The van der Waals surface area contributed by atoms with Gasteiger partial charge in [-0.05, 0) is 31.0 Å². The fourth-order valence-corrected chi connectivity index (χ4v) is 1.79. The van der Waals surface area contributed by atoms with Crippen LogP contribution in [0.15, 0.2) is 24.3 Å². The molecule has 7 heteroatoms. The van der Waals surface area contributed by atoms with Crippen molar-refractivity contribution in [2.75, 3.05) is 13.7 Å². The standard InChI is InChI=1S/C15H19F2NO4/c1-21-13(19)8-3-2-4-9-18-14(20)11-6-5-7-12(10-11)22-15(16)17/h5-7,10,15H,2-4,8-9H2,1H3,(H,18,20). The third-order valence-electron chi connectivity index (χ3n) is 2.89. The van der Waals surface area contributed by atoms with Gasteiger partial charge in [0.05, 0.1) is 7.11 Å². The lowest BCUT2D eigenvalue weighted by Crippen LogP contribution is -2.24. The molecule has 0 aliphatic heterocycles. The molecular formula is C15H19F2NO4. The molecule has 1 amide bonds. The van der Waals surface area contributed by atoms with Crippen molar-refractivity contribution in [3.8, 4) is 5.75 Å². The van der Waals surface area contributed by atoms with Crippen molar-refractivity contribution in [3.05, 3.63) is 29.8 Å². The van der Waals surface area contributed by atoms with Crippen molar-refractivity contribution >= 4 is 11.9 Å². The molecule has 0 heterocycles. The first-order valence-corrected chi connectivity index (χ1v) is 6.93. The third-order valence-corrected chi connectivity index (χ3v) is 2.89. The number of amides is 1. The van der Waals surface area contributed by atoms with Crippen molar-refractivity contribution in [1.29, 1.82) is 0 Å². The number of carbonyl (C=O) groups is 2. The van der Waals surface area contributed by atoms with Crippen LogP contribution in [0, 0.1) is 0 Å². The van der Waals surface area contributed by atoms with Crippen molar-refractivity contribution < 1.29 is 27.8 Å². The number of nitrogens with one attached hydrogen (secondary N) is 1. The second-order valence-corrected chi connectivity index (χ2v) is 4.55. The highest BCUT2D eigenvalue weighted by Crippen LogP contribution is 2.15.